The van der Waals surface area contributed by atoms with Gasteiger partial charge in [-0.15, -0.1) is 0 Å². The molecule has 0 saturated heterocycles. The van der Waals surface area contributed by atoms with Crippen LogP contribution in [0.5, 0.6) is 0 Å². The number of H-pyrrole nitrogens is 1. The van der Waals surface area contributed by atoms with Crippen molar-refractivity contribution in [2.45, 2.75) is 26.8 Å². The minimum atomic E-state index is 0.0954. The Hall–Kier alpha value is -1.35. The number of nitrogens with zero attached hydrogens (tertiary/aromatic N) is 1. The van der Waals surface area contributed by atoms with Gasteiger partial charge in [-0.1, -0.05) is 19.9 Å². The molecule has 3 nitrogen and oxygen atoms in total. The second-order valence-corrected chi connectivity index (χ2v) is 4.37. The lowest BCUT2D eigenvalue weighted by Crippen LogP contribution is -2.16. The molecule has 3 heteroatoms. The maximum Gasteiger partial charge on any atom is 0.104 e. The molecule has 0 saturated carbocycles. The fourth-order valence-corrected chi connectivity index (χ4v) is 1.75. The standard InChI is InChI=1S/C12H17N3/c1-7(2)12(13)9-4-5-10-11(6-9)15-8(3)14-10/h4-7,12H,13H2,1-3H3,(H,14,15). The van der Waals surface area contributed by atoms with Gasteiger partial charge in [-0.25, -0.2) is 4.98 Å². The number of nitrogens with two attached hydrogens (primary N) is 1. The highest BCUT2D eigenvalue weighted by molar-refractivity contribution is 5.75. The summed E-state index contributed by atoms with van der Waals surface area (Å²) in [6, 6.07) is 6.28. The van der Waals surface area contributed by atoms with Crippen molar-refractivity contribution in [2.24, 2.45) is 11.7 Å². The molecule has 1 heterocycles. The van der Waals surface area contributed by atoms with E-state index in [1.807, 2.05) is 13.0 Å². The van der Waals surface area contributed by atoms with Gasteiger partial charge in [0.25, 0.3) is 0 Å². The Bertz CT molecular complexity index is 471. The zero-order valence-corrected chi connectivity index (χ0v) is 9.41. The Kier molecular flexibility index (Phi) is 2.49. The first kappa shape index (κ1) is 10.2. The molecule has 1 atom stereocenters. The highest BCUT2D eigenvalue weighted by atomic mass is 14.9. The summed E-state index contributed by atoms with van der Waals surface area (Å²) in [5, 5.41) is 0. The van der Waals surface area contributed by atoms with Crippen LogP contribution in [0.1, 0.15) is 31.3 Å². The number of aryl methyl sites for hydroxylation is 1. The molecule has 0 bridgehead atoms. The first-order valence-electron chi connectivity index (χ1n) is 5.30. The van der Waals surface area contributed by atoms with Gasteiger partial charge in [0.2, 0.25) is 0 Å². The summed E-state index contributed by atoms with van der Waals surface area (Å²) in [7, 11) is 0. The van der Waals surface area contributed by atoms with Crippen molar-refractivity contribution >= 4 is 11.0 Å². The van der Waals surface area contributed by atoms with E-state index in [2.05, 4.69) is 35.9 Å². The molecule has 80 valence electrons. The molecule has 1 aromatic carbocycles. The number of imidazole rings is 1. The lowest BCUT2D eigenvalue weighted by molar-refractivity contribution is 0.514. The van der Waals surface area contributed by atoms with Crippen LogP contribution in [0.3, 0.4) is 0 Å². The van der Waals surface area contributed by atoms with E-state index in [1.165, 1.54) is 5.56 Å². The van der Waals surface area contributed by atoms with Gasteiger partial charge in [-0.05, 0) is 30.5 Å². The molecule has 0 radical (unpaired) electrons. The molecular weight excluding hydrogens is 186 g/mol. The topological polar surface area (TPSA) is 54.7 Å². The fourth-order valence-electron chi connectivity index (χ4n) is 1.75. The Balaban J connectivity index is 2.46. The van der Waals surface area contributed by atoms with Crippen molar-refractivity contribution in [1.29, 1.82) is 0 Å². The quantitative estimate of drug-likeness (QED) is 0.788. The van der Waals surface area contributed by atoms with Crippen LogP contribution in [-0.2, 0) is 0 Å². The number of aromatic nitrogens is 2. The Morgan fingerprint density at radius 3 is 2.73 bits per heavy atom. The van der Waals surface area contributed by atoms with E-state index in [-0.39, 0.29) is 6.04 Å². The molecule has 1 aromatic heterocycles. The van der Waals surface area contributed by atoms with Crippen molar-refractivity contribution in [1.82, 2.24) is 9.97 Å². The molecule has 0 aliphatic rings. The molecular formula is C12H17N3. The van der Waals surface area contributed by atoms with Crippen molar-refractivity contribution in [3.05, 3.63) is 29.6 Å². The second-order valence-electron chi connectivity index (χ2n) is 4.37. The molecule has 0 spiro atoms. The molecule has 0 aliphatic carbocycles. The number of hydrogen-bond donors (Lipinski definition) is 2. The van der Waals surface area contributed by atoms with Crippen LogP contribution < -0.4 is 5.73 Å². The number of aromatic amines is 1. The highest BCUT2D eigenvalue weighted by Crippen LogP contribution is 2.22. The SMILES string of the molecule is Cc1nc2ccc(C(N)C(C)C)cc2[nH]1. The first-order chi connectivity index (χ1) is 7.08. The minimum Gasteiger partial charge on any atom is -0.342 e. The van der Waals surface area contributed by atoms with Crippen LogP contribution in [0.4, 0.5) is 0 Å². The van der Waals surface area contributed by atoms with Crippen LogP contribution >= 0.6 is 0 Å². The highest BCUT2D eigenvalue weighted by Gasteiger charge is 2.11. The molecule has 3 N–H and O–H groups in total. The first-order valence-corrected chi connectivity index (χ1v) is 5.30. The minimum absolute atomic E-state index is 0.0954. The summed E-state index contributed by atoms with van der Waals surface area (Å²) >= 11 is 0. The lowest BCUT2D eigenvalue weighted by Gasteiger charge is -2.15. The largest absolute Gasteiger partial charge is 0.342 e. The van der Waals surface area contributed by atoms with Gasteiger partial charge in [0.1, 0.15) is 5.82 Å². The van der Waals surface area contributed by atoms with Crippen molar-refractivity contribution in [2.75, 3.05) is 0 Å². The van der Waals surface area contributed by atoms with Gasteiger partial charge in [0.15, 0.2) is 0 Å². The van der Waals surface area contributed by atoms with E-state index in [0.717, 1.165) is 16.9 Å². The van der Waals surface area contributed by atoms with Crippen LogP contribution in [0.25, 0.3) is 11.0 Å². The zero-order valence-electron chi connectivity index (χ0n) is 9.41. The molecule has 15 heavy (non-hydrogen) atoms. The molecule has 0 aliphatic heterocycles. The van der Waals surface area contributed by atoms with Crippen molar-refractivity contribution in [3.8, 4) is 0 Å². The molecule has 0 fully saturated rings. The maximum absolute atomic E-state index is 6.10. The molecule has 2 aromatic rings. The van der Waals surface area contributed by atoms with Crippen LogP contribution in [0.2, 0.25) is 0 Å². The number of hydrogen-bond acceptors (Lipinski definition) is 2. The van der Waals surface area contributed by atoms with E-state index in [0.29, 0.717) is 5.92 Å². The monoisotopic (exact) mass is 203 g/mol. The van der Waals surface area contributed by atoms with Crippen molar-refractivity contribution < 1.29 is 0 Å². The average Bonchev–Trinajstić information content (AvgIpc) is 2.55. The van der Waals surface area contributed by atoms with E-state index < -0.39 is 0 Å². The summed E-state index contributed by atoms with van der Waals surface area (Å²) in [4.78, 5) is 7.59. The Morgan fingerprint density at radius 2 is 2.07 bits per heavy atom. The normalized spacial score (nSPS) is 13.7. The Labute approximate surface area is 89.7 Å². The van der Waals surface area contributed by atoms with E-state index >= 15 is 0 Å². The summed E-state index contributed by atoms with van der Waals surface area (Å²) in [5.74, 6) is 1.40. The summed E-state index contributed by atoms with van der Waals surface area (Å²) in [5.41, 5.74) is 9.35. The molecule has 0 amide bonds. The van der Waals surface area contributed by atoms with Gasteiger partial charge in [0.05, 0.1) is 11.0 Å². The number of rotatable bonds is 2. The lowest BCUT2D eigenvalue weighted by atomic mass is 9.97. The Morgan fingerprint density at radius 1 is 1.33 bits per heavy atom. The fraction of sp³-hybridized carbons (Fsp3) is 0.417. The summed E-state index contributed by atoms with van der Waals surface area (Å²) in [6.45, 7) is 6.22. The van der Waals surface area contributed by atoms with Gasteiger partial charge >= 0.3 is 0 Å². The predicted molar refractivity (Wildman–Crippen MR) is 62.6 cm³/mol. The van der Waals surface area contributed by atoms with Crippen LogP contribution in [0, 0.1) is 12.8 Å². The third kappa shape index (κ3) is 1.88. The average molecular weight is 203 g/mol. The van der Waals surface area contributed by atoms with E-state index in [4.69, 9.17) is 5.73 Å². The van der Waals surface area contributed by atoms with Crippen LogP contribution in [0.15, 0.2) is 18.2 Å². The third-order valence-corrected chi connectivity index (χ3v) is 2.73. The zero-order chi connectivity index (χ0) is 11.0. The number of nitrogens with one attached hydrogen (secondary N) is 1. The second kappa shape index (κ2) is 3.66. The third-order valence-electron chi connectivity index (χ3n) is 2.73. The summed E-state index contributed by atoms with van der Waals surface area (Å²) < 4.78 is 0. The van der Waals surface area contributed by atoms with E-state index in [9.17, 15) is 0 Å². The maximum atomic E-state index is 6.10. The number of benzene rings is 1. The van der Waals surface area contributed by atoms with Gasteiger partial charge in [-0.3, -0.25) is 0 Å². The van der Waals surface area contributed by atoms with Gasteiger partial charge in [-0.2, -0.15) is 0 Å². The predicted octanol–water partition coefficient (Wildman–Crippen LogP) is 2.53. The van der Waals surface area contributed by atoms with Gasteiger partial charge in [0, 0.05) is 6.04 Å². The van der Waals surface area contributed by atoms with Gasteiger partial charge < -0.3 is 10.7 Å². The van der Waals surface area contributed by atoms with Crippen molar-refractivity contribution in [3.63, 3.8) is 0 Å². The molecule has 1 unspecified atom stereocenters. The van der Waals surface area contributed by atoms with Crippen LogP contribution in [-0.4, -0.2) is 9.97 Å². The molecule has 2 rings (SSSR count). The number of fused-ring (bicyclic) bond motifs is 1. The summed E-state index contributed by atoms with van der Waals surface area (Å²) in [6.07, 6.45) is 0. The van der Waals surface area contributed by atoms with E-state index in [1.54, 1.807) is 0 Å². The smallest absolute Gasteiger partial charge is 0.104 e.